The number of ether oxygens (including phenoxy) is 3. The zero-order valence-corrected chi connectivity index (χ0v) is 14.8. The summed E-state index contributed by atoms with van der Waals surface area (Å²) in [5.74, 6) is -0.551. The Morgan fingerprint density at radius 3 is 2.80 bits per heavy atom. The molecule has 1 aromatic carbocycles. The smallest absolute Gasteiger partial charge is 0.247 e. The van der Waals surface area contributed by atoms with Gasteiger partial charge in [0, 0.05) is 23.8 Å². The highest BCUT2D eigenvalue weighted by atomic mass is 16.6. The van der Waals surface area contributed by atoms with Crippen LogP contribution in [0.15, 0.2) is 12.1 Å². The summed E-state index contributed by atoms with van der Waals surface area (Å²) in [5.41, 5.74) is 0.992. The van der Waals surface area contributed by atoms with E-state index in [0.717, 1.165) is 24.1 Å². The summed E-state index contributed by atoms with van der Waals surface area (Å²) in [5, 5.41) is 11.5. The van der Waals surface area contributed by atoms with E-state index in [1.807, 2.05) is 19.2 Å². The lowest BCUT2D eigenvalue weighted by Crippen LogP contribution is -2.72. The summed E-state index contributed by atoms with van der Waals surface area (Å²) in [6.45, 7) is 0.811. The molecule has 6 nitrogen and oxygen atoms in total. The summed E-state index contributed by atoms with van der Waals surface area (Å²) in [7, 11) is 5.28. The summed E-state index contributed by atoms with van der Waals surface area (Å²) in [6.07, 6.45) is 2.21. The monoisotopic (exact) mass is 345 g/mol. The van der Waals surface area contributed by atoms with Gasteiger partial charge in [0.1, 0.15) is 0 Å². The molecule has 2 aliphatic carbocycles. The fraction of sp³-hybridized carbons (Fsp3) is 0.632. The first-order chi connectivity index (χ1) is 11.9. The highest BCUT2D eigenvalue weighted by Gasteiger charge is 2.80. The molecule has 4 atom stereocenters. The number of hydrogen-bond acceptors (Lipinski definition) is 6. The minimum absolute atomic E-state index is 0.196. The number of likely N-dealkylation sites (N-methyl/N-ethyl adjacent to an activating group) is 1. The van der Waals surface area contributed by atoms with Crippen molar-refractivity contribution < 1.29 is 24.1 Å². The van der Waals surface area contributed by atoms with Crippen molar-refractivity contribution in [1.82, 2.24) is 4.90 Å². The summed E-state index contributed by atoms with van der Waals surface area (Å²) >= 11 is 0. The molecule has 25 heavy (non-hydrogen) atoms. The van der Waals surface area contributed by atoms with Crippen molar-refractivity contribution in [3.05, 3.63) is 23.3 Å². The van der Waals surface area contributed by atoms with Crippen LogP contribution in [0.4, 0.5) is 0 Å². The molecule has 0 aromatic heterocycles. The van der Waals surface area contributed by atoms with Crippen molar-refractivity contribution in [1.29, 1.82) is 0 Å². The van der Waals surface area contributed by atoms with Crippen molar-refractivity contribution in [3.63, 3.8) is 0 Å². The van der Waals surface area contributed by atoms with Crippen LogP contribution >= 0.6 is 0 Å². The molecule has 2 bridgehead atoms. The number of carbonyl (C=O) groups is 1. The number of methoxy groups -OCH3 is 2. The third-order valence-corrected chi connectivity index (χ3v) is 7.23. The fourth-order valence-electron chi connectivity index (χ4n) is 6.27. The molecule has 0 amide bonds. The van der Waals surface area contributed by atoms with E-state index in [9.17, 15) is 9.90 Å². The predicted molar refractivity (Wildman–Crippen MR) is 88.8 cm³/mol. The summed E-state index contributed by atoms with van der Waals surface area (Å²) < 4.78 is 17.4. The zero-order valence-electron chi connectivity index (χ0n) is 14.8. The largest absolute Gasteiger partial charge is 0.493 e. The lowest BCUT2D eigenvalue weighted by Gasteiger charge is -2.56. The average molecular weight is 345 g/mol. The van der Waals surface area contributed by atoms with Crippen molar-refractivity contribution in [2.75, 3.05) is 27.8 Å². The first kappa shape index (κ1) is 15.6. The first-order valence-electron chi connectivity index (χ1n) is 8.85. The summed E-state index contributed by atoms with van der Waals surface area (Å²) in [6, 6.07) is 3.89. The Hall–Kier alpha value is -1.63. The normalized spacial score (nSPS) is 41.4. The number of rotatable bonds is 2. The van der Waals surface area contributed by atoms with Gasteiger partial charge < -0.3 is 19.3 Å². The number of ketones is 1. The van der Waals surface area contributed by atoms with Crippen LogP contribution in [0.25, 0.3) is 0 Å². The second-order valence-corrected chi connectivity index (χ2v) is 7.76. The quantitative estimate of drug-likeness (QED) is 0.877. The predicted octanol–water partition coefficient (Wildman–Crippen LogP) is 1.54. The Balaban J connectivity index is 1.89. The van der Waals surface area contributed by atoms with Crippen molar-refractivity contribution in [2.45, 2.75) is 48.5 Å². The van der Waals surface area contributed by atoms with Crippen LogP contribution in [0.1, 0.15) is 42.9 Å². The second kappa shape index (κ2) is 4.55. The maximum Gasteiger partial charge on any atom is 0.247 e. The molecule has 1 spiro atoms. The molecule has 6 heteroatoms. The van der Waals surface area contributed by atoms with E-state index in [-0.39, 0.29) is 17.3 Å². The molecule has 2 aliphatic heterocycles. The van der Waals surface area contributed by atoms with Gasteiger partial charge in [-0.1, -0.05) is 6.07 Å². The molecule has 3 fully saturated rings. The van der Waals surface area contributed by atoms with Gasteiger partial charge >= 0.3 is 0 Å². The molecule has 4 aliphatic rings. The SMILES string of the molecule is COc1ccc2c(c1OC)C13CCC(=O)[C@]4(O)O[C@@H]2CC14N(C)CC3. The minimum Gasteiger partial charge on any atom is -0.493 e. The van der Waals surface area contributed by atoms with Crippen LogP contribution < -0.4 is 9.47 Å². The van der Waals surface area contributed by atoms with Gasteiger partial charge in [-0.05, 0) is 38.1 Å². The Kier molecular flexibility index (Phi) is 2.84. The van der Waals surface area contributed by atoms with E-state index in [1.54, 1.807) is 14.2 Å². The molecule has 2 unspecified atom stereocenters. The molecular weight excluding hydrogens is 322 g/mol. The minimum atomic E-state index is -1.75. The Bertz CT molecular complexity index is 794. The number of Topliss-reactive ketones (excluding diaryl/α,β-unsaturated/α-hetero) is 1. The van der Waals surface area contributed by atoms with Crippen molar-refractivity contribution in [3.8, 4) is 11.5 Å². The Labute approximate surface area is 146 Å². The molecule has 1 N–H and O–H groups in total. The zero-order chi connectivity index (χ0) is 17.6. The maximum absolute atomic E-state index is 12.8. The van der Waals surface area contributed by atoms with Gasteiger partial charge in [-0.25, -0.2) is 0 Å². The fourth-order valence-corrected chi connectivity index (χ4v) is 6.27. The van der Waals surface area contributed by atoms with Gasteiger partial charge in [0.25, 0.3) is 0 Å². The van der Waals surface area contributed by atoms with Crippen LogP contribution in [-0.2, 0) is 14.9 Å². The standard InChI is InChI=1S/C19H23NO5/c1-20-9-8-17-7-6-14(21)19(22)18(17,20)10-13(25-19)11-4-5-12(23-2)16(24-3)15(11)17/h4-5,13,22H,6-10H2,1-3H3/t13-,17?,18?,19+/m1/s1. The van der Waals surface area contributed by atoms with Gasteiger partial charge in [0.15, 0.2) is 17.3 Å². The lowest BCUT2D eigenvalue weighted by atomic mass is 9.51. The molecule has 0 radical (unpaired) electrons. The molecule has 1 aromatic rings. The third kappa shape index (κ3) is 1.40. The van der Waals surface area contributed by atoms with E-state index < -0.39 is 11.3 Å². The van der Waals surface area contributed by atoms with Crippen LogP contribution in [0.3, 0.4) is 0 Å². The molecule has 1 saturated carbocycles. The van der Waals surface area contributed by atoms with E-state index >= 15 is 0 Å². The van der Waals surface area contributed by atoms with Crippen molar-refractivity contribution >= 4 is 5.78 Å². The van der Waals surface area contributed by atoms with Crippen molar-refractivity contribution in [2.24, 2.45) is 0 Å². The van der Waals surface area contributed by atoms with E-state index in [1.165, 1.54) is 0 Å². The van der Waals surface area contributed by atoms with E-state index in [2.05, 4.69) is 4.90 Å². The van der Waals surface area contributed by atoms with Crippen LogP contribution in [0.2, 0.25) is 0 Å². The van der Waals surface area contributed by atoms with Crippen LogP contribution in [0, 0.1) is 0 Å². The van der Waals surface area contributed by atoms with Crippen LogP contribution in [-0.4, -0.2) is 54.9 Å². The highest BCUT2D eigenvalue weighted by molar-refractivity contribution is 5.91. The Morgan fingerprint density at radius 1 is 1.28 bits per heavy atom. The number of benzene rings is 1. The van der Waals surface area contributed by atoms with E-state index in [0.29, 0.717) is 30.8 Å². The number of fused-ring (bicyclic) bond motifs is 3. The third-order valence-electron chi connectivity index (χ3n) is 7.23. The average Bonchev–Trinajstić information content (AvgIpc) is 3.10. The molecule has 5 rings (SSSR count). The topological polar surface area (TPSA) is 68.2 Å². The van der Waals surface area contributed by atoms with Gasteiger partial charge in [0.2, 0.25) is 5.79 Å². The highest BCUT2D eigenvalue weighted by Crippen LogP contribution is 2.71. The second-order valence-electron chi connectivity index (χ2n) is 7.76. The van der Waals surface area contributed by atoms with Gasteiger partial charge in [0.05, 0.1) is 25.9 Å². The van der Waals surface area contributed by atoms with Gasteiger partial charge in [-0.3, -0.25) is 9.69 Å². The molecule has 2 heterocycles. The maximum atomic E-state index is 12.8. The van der Waals surface area contributed by atoms with E-state index in [4.69, 9.17) is 14.2 Å². The number of nitrogens with zero attached hydrogens (tertiary/aromatic N) is 1. The van der Waals surface area contributed by atoms with Crippen LogP contribution in [0.5, 0.6) is 11.5 Å². The number of carbonyl (C=O) groups excluding carboxylic acids is 1. The number of likely N-dealkylation sites (tertiary alicyclic amines) is 1. The first-order valence-corrected chi connectivity index (χ1v) is 8.85. The summed E-state index contributed by atoms with van der Waals surface area (Å²) in [4.78, 5) is 14.9. The molecule has 2 saturated heterocycles. The molecular formula is C19H23NO5. The number of hydrogen-bond donors (Lipinski definition) is 1. The van der Waals surface area contributed by atoms with Gasteiger partial charge in [-0.15, -0.1) is 0 Å². The lowest BCUT2D eigenvalue weighted by molar-refractivity contribution is -0.242. The number of aliphatic hydroxyl groups is 1. The van der Waals surface area contributed by atoms with Gasteiger partial charge in [-0.2, -0.15) is 0 Å². The molecule has 134 valence electrons. The Morgan fingerprint density at radius 2 is 2.08 bits per heavy atom.